The summed E-state index contributed by atoms with van der Waals surface area (Å²) in [5.41, 5.74) is 3.43. The maximum absolute atomic E-state index is 6.38. The highest BCUT2D eigenvalue weighted by atomic mass is 35.5. The van der Waals surface area contributed by atoms with Gasteiger partial charge in [0.25, 0.3) is 0 Å². The van der Waals surface area contributed by atoms with Crippen molar-refractivity contribution >= 4 is 52.4 Å². The van der Waals surface area contributed by atoms with Gasteiger partial charge in [-0.05, 0) is 48.9 Å². The number of unbranched alkanes of at least 4 members (excludes halogenated alkanes) is 5. The number of para-hydroxylation sites is 1. The zero-order chi connectivity index (χ0) is 29.6. The molecule has 0 saturated heterocycles. The van der Waals surface area contributed by atoms with Gasteiger partial charge in [0.15, 0.2) is 11.5 Å². The van der Waals surface area contributed by atoms with Crippen molar-refractivity contribution in [3.63, 3.8) is 0 Å². The number of allylic oxidation sites excluding steroid dienone is 3. The zero-order valence-electron chi connectivity index (χ0n) is 23.8. The Balaban J connectivity index is 1.32. The quantitative estimate of drug-likeness (QED) is 0.136. The number of rotatable bonds is 11. The molecule has 0 radical (unpaired) electrons. The van der Waals surface area contributed by atoms with Gasteiger partial charge in [-0.3, -0.25) is 0 Å². The molecule has 0 spiro atoms. The van der Waals surface area contributed by atoms with E-state index in [0.29, 0.717) is 33.0 Å². The topological polar surface area (TPSA) is 72.1 Å². The molecule has 0 saturated carbocycles. The van der Waals surface area contributed by atoms with Crippen LogP contribution in [-0.4, -0.2) is 36.3 Å². The molecule has 10 heteroatoms. The second kappa shape index (κ2) is 13.7. The normalized spacial score (nSPS) is 14.5. The monoisotopic (exact) mass is 627 g/mol. The first-order valence-electron chi connectivity index (χ1n) is 14.5. The average molecular weight is 629 g/mol. The van der Waals surface area contributed by atoms with Crippen LogP contribution >= 0.6 is 35.0 Å². The average Bonchev–Trinajstić information content (AvgIpc) is 3.71. The van der Waals surface area contributed by atoms with E-state index >= 15 is 0 Å². The number of hydrogen-bond acceptors (Lipinski definition) is 7. The molecule has 0 bridgehead atoms. The van der Waals surface area contributed by atoms with Crippen molar-refractivity contribution in [2.24, 2.45) is 0 Å². The summed E-state index contributed by atoms with van der Waals surface area (Å²) in [7, 11) is 0. The third-order valence-electron chi connectivity index (χ3n) is 7.28. The Morgan fingerprint density at radius 2 is 1.63 bits per heavy atom. The van der Waals surface area contributed by atoms with E-state index in [1.807, 2.05) is 36.0 Å². The Labute approximate surface area is 265 Å². The molecule has 43 heavy (non-hydrogen) atoms. The number of anilines is 1. The molecule has 5 aromatic rings. The summed E-state index contributed by atoms with van der Waals surface area (Å²) < 4.78 is 1.68. The first-order valence-corrected chi connectivity index (χ1v) is 16.1. The first-order chi connectivity index (χ1) is 21.1. The second-order valence-electron chi connectivity index (χ2n) is 10.3. The van der Waals surface area contributed by atoms with Crippen molar-refractivity contribution in [1.82, 2.24) is 29.8 Å². The van der Waals surface area contributed by atoms with E-state index in [-0.39, 0.29) is 0 Å². The van der Waals surface area contributed by atoms with E-state index in [0.717, 1.165) is 17.3 Å². The summed E-state index contributed by atoms with van der Waals surface area (Å²) in [6.07, 6.45) is 19.3. The Hall–Kier alpha value is -3.72. The SMILES string of the molecule is CCCCCCCCN1/C(=C/C=C/C=c2/c(-c3ccc(Cl)c(Cl)c3)nn3c(-c4ncccn4)nnc23)Sc2ccccc21. The Kier molecular flexibility index (Phi) is 9.36. The van der Waals surface area contributed by atoms with Crippen LogP contribution in [-0.2, 0) is 0 Å². The van der Waals surface area contributed by atoms with Crippen molar-refractivity contribution < 1.29 is 0 Å². The summed E-state index contributed by atoms with van der Waals surface area (Å²) in [5.74, 6) is 0.913. The predicted octanol–water partition coefficient (Wildman–Crippen LogP) is 8.42. The Morgan fingerprint density at radius 1 is 0.837 bits per heavy atom. The van der Waals surface area contributed by atoms with Gasteiger partial charge in [-0.2, -0.15) is 9.61 Å². The van der Waals surface area contributed by atoms with Gasteiger partial charge in [-0.1, -0.05) is 104 Å². The van der Waals surface area contributed by atoms with Gasteiger partial charge in [0.1, 0.15) is 5.69 Å². The minimum Gasteiger partial charge on any atom is -0.335 e. The molecule has 3 aromatic heterocycles. The van der Waals surface area contributed by atoms with Crippen molar-refractivity contribution in [3.05, 3.63) is 99.4 Å². The minimum absolute atomic E-state index is 0.447. The molecule has 0 fully saturated rings. The van der Waals surface area contributed by atoms with Gasteiger partial charge in [-0.15, -0.1) is 10.2 Å². The van der Waals surface area contributed by atoms with Crippen molar-refractivity contribution in [2.45, 2.75) is 50.3 Å². The van der Waals surface area contributed by atoms with E-state index in [1.165, 1.54) is 54.1 Å². The van der Waals surface area contributed by atoms with Crippen LogP contribution in [0.15, 0.2) is 89.1 Å². The molecule has 7 nitrogen and oxygen atoms in total. The zero-order valence-corrected chi connectivity index (χ0v) is 26.2. The largest absolute Gasteiger partial charge is 0.335 e. The van der Waals surface area contributed by atoms with Crippen LogP contribution in [0, 0.1) is 0 Å². The molecule has 218 valence electrons. The van der Waals surface area contributed by atoms with Crippen LogP contribution in [0.25, 0.3) is 34.6 Å². The molecule has 4 heterocycles. The molecular formula is C33H31Cl2N7S. The highest BCUT2D eigenvalue weighted by molar-refractivity contribution is 8.03. The molecule has 1 aliphatic rings. The molecule has 2 aromatic carbocycles. The van der Waals surface area contributed by atoms with Crippen molar-refractivity contribution in [3.8, 4) is 22.9 Å². The molecule has 1 aliphatic heterocycles. The van der Waals surface area contributed by atoms with E-state index in [4.69, 9.17) is 28.3 Å². The summed E-state index contributed by atoms with van der Waals surface area (Å²) in [6.45, 7) is 3.27. The maximum Gasteiger partial charge on any atom is 0.222 e. The van der Waals surface area contributed by atoms with Gasteiger partial charge in [0.05, 0.1) is 20.8 Å². The van der Waals surface area contributed by atoms with Gasteiger partial charge < -0.3 is 4.90 Å². The molecular weight excluding hydrogens is 597 g/mol. The van der Waals surface area contributed by atoms with E-state index in [9.17, 15) is 0 Å². The number of thioether (sulfide) groups is 1. The molecule has 6 rings (SSSR count). The first kappa shape index (κ1) is 29.4. The van der Waals surface area contributed by atoms with Gasteiger partial charge in [-0.25, -0.2) is 9.97 Å². The van der Waals surface area contributed by atoms with E-state index in [2.05, 4.69) is 68.4 Å². The molecule has 0 aliphatic carbocycles. The van der Waals surface area contributed by atoms with Crippen LogP contribution in [0.1, 0.15) is 45.4 Å². The highest BCUT2D eigenvalue weighted by Crippen LogP contribution is 2.45. The smallest absolute Gasteiger partial charge is 0.222 e. The van der Waals surface area contributed by atoms with Crippen LogP contribution in [0.5, 0.6) is 0 Å². The third kappa shape index (κ3) is 6.47. The summed E-state index contributed by atoms with van der Waals surface area (Å²) >= 11 is 14.4. The van der Waals surface area contributed by atoms with Gasteiger partial charge >= 0.3 is 0 Å². The van der Waals surface area contributed by atoms with Crippen LogP contribution in [0.2, 0.25) is 10.0 Å². The predicted molar refractivity (Wildman–Crippen MR) is 177 cm³/mol. The summed E-state index contributed by atoms with van der Waals surface area (Å²) in [6, 6.07) is 15.9. The maximum atomic E-state index is 6.38. The van der Waals surface area contributed by atoms with Crippen LogP contribution in [0.4, 0.5) is 5.69 Å². The highest BCUT2D eigenvalue weighted by Gasteiger charge is 2.23. The van der Waals surface area contributed by atoms with Crippen LogP contribution < -0.4 is 10.1 Å². The molecule has 0 atom stereocenters. The Bertz CT molecular complexity index is 1840. The number of fused-ring (bicyclic) bond motifs is 2. The van der Waals surface area contributed by atoms with Crippen LogP contribution in [0.3, 0.4) is 0 Å². The third-order valence-corrected chi connectivity index (χ3v) is 9.15. The van der Waals surface area contributed by atoms with E-state index < -0.39 is 0 Å². The fourth-order valence-electron chi connectivity index (χ4n) is 5.11. The fraction of sp³-hybridized carbons (Fsp3) is 0.242. The number of hydrogen-bond donors (Lipinski definition) is 0. The van der Waals surface area contributed by atoms with E-state index in [1.54, 1.807) is 29.0 Å². The number of halogens is 2. The lowest BCUT2D eigenvalue weighted by Gasteiger charge is -2.20. The summed E-state index contributed by atoms with van der Waals surface area (Å²) in [5, 5.41) is 16.6. The van der Waals surface area contributed by atoms with Gasteiger partial charge in [0, 0.05) is 34.6 Å². The summed E-state index contributed by atoms with van der Waals surface area (Å²) in [4.78, 5) is 12.4. The lowest BCUT2D eigenvalue weighted by Crippen LogP contribution is -2.18. The second-order valence-corrected chi connectivity index (χ2v) is 12.1. The molecule has 0 unspecified atom stereocenters. The Morgan fingerprint density at radius 3 is 2.47 bits per heavy atom. The number of aromatic nitrogens is 6. The fourth-order valence-corrected chi connectivity index (χ4v) is 6.51. The van der Waals surface area contributed by atoms with Crippen molar-refractivity contribution in [2.75, 3.05) is 11.4 Å². The lowest BCUT2D eigenvalue weighted by molar-refractivity contribution is 0.608. The number of nitrogens with zero attached hydrogens (tertiary/aromatic N) is 7. The lowest BCUT2D eigenvalue weighted by atomic mass is 10.1. The van der Waals surface area contributed by atoms with Crippen molar-refractivity contribution in [1.29, 1.82) is 0 Å². The minimum atomic E-state index is 0.447. The number of benzene rings is 2. The standard InChI is InChI=1S/C33H31Cl2N7S/c1-2-3-4-5-6-11-21-41-27-14-8-9-15-28(27)43-29(41)16-10-7-13-24-30(23-17-18-25(34)26(35)22-23)40-42-32(24)38-39-33(42)31-36-19-12-20-37-31/h7-10,12-20,22H,2-6,11,21H2,1H3/b10-7+,24-13-,29-16-. The molecule has 0 amide bonds. The molecule has 0 N–H and O–H groups in total. The van der Waals surface area contributed by atoms with Gasteiger partial charge in [0.2, 0.25) is 5.82 Å².